The highest BCUT2D eigenvalue weighted by atomic mass is 16.1. The number of amides is 1. The molecule has 9 heteroatoms. The van der Waals surface area contributed by atoms with E-state index in [4.69, 9.17) is 0 Å². The van der Waals surface area contributed by atoms with E-state index >= 15 is 0 Å². The van der Waals surface area contributed by atoms with Crippen LogP contribution in [0.25, 0.3) is 16.7 Å². The van der Waals surface area contributed by atoms with Crippen molar-refractivity contribution in [2.24, 2.45) is 5.92 Å². The second kappa shape index (κ2) is 7.58. The molecule has 1 saturated heterocycles. The Morgan fingerprint density at radius 3 is 2.87 bits per heavy atom. The van der Waals surface area contributed by atoms with Gasteiger partial charge in [-0.15, -0.1) is 10.2 Å². The molecule has 30 heavy (non-hydrogen) atoms. The smallest absolute Gasteiger partial charge is 0.229 e. The Hall–Kier alpha value is -3.75. The van der Waals surface area contributed by atoms with E-state index in [0.29, 0.717) is 6.54 Å². The van der Waals surface area contributed by atoms with Crippen LogP contribution in [0.15, 0.2) is 48.9 Å². The predicted molar refractivity (Wildman–Crippen MR) is 114 cm³/mol. The van der Waals surface area contributed by atoms with Crippen molar-refractivity contribution in [1.29, 1.82) is 0 Å². The van der Waals surface area contributed by atoms with Gasteiger partial charge in [-0.2, -0.15) is 5.10 Å². The Kier molecular flexibility index (Phi) is 4.62. The highest BCUT2D eigenvalue weighted by molar-refractivity contribution is 5.95. The van der Waals surface area contributed by atoms with E-state index in [1.54, 1.807) is 12.4 Å². The number of benzene rings is 1. The highest BCUT2D eigenvalue weighted by Crippen LogP contribution is 2.24. The Bertz CT molecular complexity index is 1180. The number of carbonyl (C=O) groups is 1. The number of piperidine rings is 1. The fourth-order valence-electron chi connectivity index (χ4n) is 3.89. The van der Waals surface area contributed by atoms with Gasteiger partial charge in [0.05, 0.1) is 17.6 Å². The molecule has 0 aliphatic carbocycles. The maximum Gasteiger partial charge on any atom is 0.229 e. The minimum atomic E-state index is -0.103. The first-order chi connectivity index (χ1) is 14.7. The van der Waals surface area contributed by atoms with Gasteiger partial charge in [-0.1, -0.05) is 0 Å². The average Bonchev–Trinajstić information content (AvgIpc) is 3.42. The van der Waals surface area contributed by atoms with Crippen LogP contribution in [0.2, 0.25) is 0 Å². The van der Waals surface area contributed by atoms with Crippen LogP contribution in [0.3, 0.4) is 0 Å². The van der Waals surface area contributed by atoms with Crippen molar-refractivity contribution >= 4 is 28.3 Å². The number of carbonyl (C=O) groups excluding carboxylic acids is 1. The Balaban J connectivity index is 1.27. The fraction of sp³-hybridized carbons (Fsp3) is 0.286. The van der Waals surface area contributed by atoms with Crippen molar-refractivity contribution in [3.8, 4) is 5.82 Å². The summed E-state index contributed by atoms with van der Waals surface area (Å²) in [5, 5.41) is 19.7. The van der Waals surface area contributed by atoms with Gasteiger partial charge in [-0.05, 0) is 50.1 Å². The molecule has 1 fully saturated rings. The molecular formula is C21H22N8O. The minimum Gasteiger partial charge on any atom is -0.354 e. The van der Waals surface area contributed by atoms with Gasteiger partial charge in [0.15, 0.2) is 11.6 Å². The van der Waals surface area contributed by atoms with Crippen LogP contribution in [0.4, 0.5) is 11.5 Å². The SMILES string of the molecule is Cc1nccn1-c1ccc(N2CCCC(C(=O)Nc3ccc4cn[nH]c4c3)C2)nn1. The number of aromatic amines is 1. The topological polar surface area (TPSA) is 105 Å². The van der Waals surface area contributed by atoms with Crippen molar-refractivity contribution < 1.29 is 4.79 Å². The summed E-state index contributed by atoms with van der Waals surface area (Å²) in [7, 11) is 0. The number of aryl methyl sites for hydroxylation is 1. The zero-order valence-electron chi connectivity index (χ0n) is 16.6. The lowest BCUT2D eigenvalue weighted by Crippen LogP contribution is -2.41. The van der Waals surface area contributed by atoms with Crippen molar-refractivity contribution in [3.63, 3.8) is 0 Å². The lowest BCUT2D eigenvalue weighted by molar-refractivity contribution is -0.120. The predicted octanol–water partition coefficient (Wildman–Crippen LogP) is 2.70. The number of nitrogens with one attached hydrogen (secondary N) is 2. The van der Waals surface area contributed by atoms with Crippen molar-refractivity contribution in [2.45, 2.75) is 19.8 Å². The molecule has 1 aliphatic heterocycles. The van der Waals surface area contributed by atoms with Crippen molar-refractivity contribution in [2.75, 3.05) is 23.3 Å². The summed E-state index contributed by atoms with van der Waals surface area (Å²) in [4.78, 5) is 19.2. The molecule has 2 N–H and O–H groups in total. The Morgan fingerprint density at radius 2 is 2.07 bits per heavy atom. The molecule has 1 aromatic carbocycles. The fourth-order valence-corrected chi connectivity index (χ4v) is 3.89. The van der Waals surface area contributed by atoms with Gasteiger partial charge in [-0.3, -0.25) is 14.5 Å². The molecule has 5 rings (SSSR count). The molecule has 4 aromatic rings. The highest BCUT2D eigenvalue weighted by Gasteiger charge is 2.27. The number of hydrogen-bond donors (Lipinski definition) is 2. The van der Waals surface area contributed by atoms with E-state index in [1.165, 1.54) is 0 Å². The van der Waals surface area contributed by atoms with E-state index < -0.39 is 0 Å². The maximum absolute atomic E-state index is 12.9. The summed E-state index contributed by atoms with van der Waals surface area (Å²) in [6.45, 7) is 3.41. The number of H-pyrrole nitrogens is 1. The second-order valence-corrected chi connectivity index (χ2v) is 7.54. The number of anilines is 2. The zero-order valence-corrected chi connectivity index (χ0v) is 16.6. The Labute approximate surface area is 173 Å². The molecule has 1 atom stereocenters. The van der Waals surface area contributed by atoms with E-state index in [9.17, 15) is 4.79 Å². The number of rotatable bonds is 4. The molecule has 1 amide bonds. The van der Waals surface area contributed by atoms with Crippen LogP contribution in [-0.2, 0) is 4.79 Å². The van der Waals surface area contributed by atoms with Gasteiger partial charge in [0.25, 0.3) is 0 Å². The largest absolute Gasteiger partial charge is 0.354 e. The van der Waals surface area contributed by atoms with Crippen LogP contribution in [0.1, 0.15) is 18.7 Å². The van der Waals surface area contributed by atoms with E-state index in [-0.39, 0.29) is 11.8 Å². The number of aromatic nitrogens is 6. The third-order valence-electron chi connectivity index (χ3n) is 5.53. The standard InChI is InChI=1S/C21H22N8O/c1-14-22-8-10-29(14)20-7-6-19(26-27-20)28-9-2-3-16(13-28)21(30)24-17-5-4-15-12-23-25-18(15)11-17/h4-8,10-12,16H,2-3,9,13H2,1H3,(H,23,25)(H,24,30). The van der Waals surface area contributed by atoms with Crippen LogP contribution in [0.5, 0.6) is 0 Å². The molecule has 4 heterocycles. The first-order valence-corrected chi connectivity index (χ1v) is 10.0. The number of nitrogens with zero attached hydrogens (tertiary/aromatic N) is 6. The Morgan fingerprint density at radius 1 is 1.20 bits per heavy atom. The summed E-state index contributed by atoms with van der Waals surface area (Å²) in [5.74, 6) is 2.30. The van der Waals surface area contributed by atoms with Gasteiger partial charge in [0.1, 0.15) is 5.82 Å². The van der Waals surface area contributed by atoms with Gasteiger partial charge >= 0.3 is 0 Å². The van der Waals surface area contributed by atoms with Gasteiger partial charge < -0.3 is 10.2 Å². The monoisotopic (exact) mass is 402 g/mol. The average molecular weight is 402 g/mol. The van der Waals surface area contributed by atoms with Crippen LogP contribution >= 0.6 is 0 Å². The summed E-state index contributed by atoms with van der Waals surface area (Å²) in [6, 6.07) is 9.64. The number of imidazole rings is 1. The number of hydrogen-bond acceptors (Lipinski definition) is 6. The molecule has 1 aliphatic rings. The summed E-state index contributed by atoms with van der Waals surface area (Å²) in [6.07, 6.45) is 7.15. The molecule has 3 aromatic heterocycles. The van der Waals surface area contributed by atoms with Crippen molar-refractivity contribution in [3.05, 3.63) is 54.7 Å². The normalized spacial score (nSPS) is 16.7. The maximum atomic E-state index is 12.9. The molecule has 0 radical (unpaired) electrons. The summed E-state index contributed by atoms with van der Waals surface area (Å²) < 4.78 is 1.89. The molecule has 0 spiro atoms. The lowest BCUT2D eigenvalue weighted by Gasteiger charge is -2.32. The summed E-state index contributed by atoms with van der Waals surface area (Å²) in [5.41, 5.74) is 1.68. The molecule has 0 bridgehead atoms. The van der Waals surface area contributed by atoms with E-state index in [2.05, 4.69) is 35.6 Å². The molecule has 152 valence electrons. The van der Waals surface area contributed by atoms with E-state index in [1.807, 2.05) is 48.0 Å². The van der Waals surface area contributed by atoms with Gasteiger partial charge in [-0.25, -0.2) is 4.98 Å². The first kappa shape index (κ1) is 18.3. The molecule has 0 saturated carbocycles. The summed E-state index contributed by atoms with van der Waals surface area (Å²) >= 11 is 0. The lowest BCUT2D eigenvalue weighted by atomic mass is 9.97. The third kappa shape index (κ3) is 3.49. The molecule has 9 nitrogen and oxygen atoms in total. The quantitative estimate of drug-likeness (QED) is 0.544. The van der Waals surface area contributed by atoms with Gasteiger partial charge in [0.2, 0.25) is 5.91 Å². The van der Waals surface area contributed by atoms with Crippen LogP contribution < -0.4 is 10.2 Å². The van der Waals surface area contributed by atoms with E-state index in [0.717, 1.165) is 53.4 Å². The first-order valence-electron chi connectivity index (χ1n) is 10.0. The third-order valence-corrected chi connectivity index (χ3v) is 5.53. The molecule has 1 unspecified atom stereocenters. The zero-order chi connectivity index (χ0) is 20.5. The number of fused-ring (bicyclic) bond motifs is 1. The second-order valence-electron chi connectivity index (χ2n) is 7.54. The van der Waals surface area contributed by atoms with Crippen LogP contribution in [0, 0.1) is 12.8 Å². The molecular weight excluding hydrogens is 380 g/mol. The van der Waals surface area contributed by atoms with Crippen molar-refractivity contribution in [1.82, 2.24) is 29.9 Å². The van der Waals surface area contributed by atoms with Crippen LogP contribution in [-0.4, -0.2) is 48.9 Å². The van der Waals surface area contributed by atoms with Gasteiger partial charge in [0, 0.05) is 36.6 Å². The minimum absolute atomic E-state index is 0.0252.